The number of hydrogen-bond donors (Lipinski definition) is 1. The van der Waals surface area contributed by atoms with E-state index in [2.05, 4.69) is 50.3 Å². The van der Waals surface area contributed by atoms with E-state index >= 15 is 0 Å². The molecule has 0 heterocycles. The Kier molecular flexibility index (Phi) is 5.46. The number of hydrogen-bond acceptors (Lipinski definition) is 3. The summed E-state index contributed by atoms with van der Waals surface area (Å²) in [6.45, 7) is 5.42. The molecule has 0 saturated heterocycles. The fraction of sp³-hybridized carbons (Fsp3) is 1.00. The Labute approximate surface area is 70.3 Å². The predicted molar refractivity (Wildman–Crippen MR) is 49.2 cm³/mol. The van der Waals surface area contributed by atoms with Crippen molar-refractivity contribution in [2.75, 3.05) is 27.7 Å². The lowest BCUT2D eigenvalue weighted by Crippen LogP contribution is -2.47. The molecule has 1 N–H and O–H groups in total. The van der Waals surface area contributed by atoms with Gasteiger partial charge in [-0.05, 0) is 27.4 Å². The molecule has 3 heteroatoms. The third-order valence-corrected chi connectivity index (χ3v) is 1.74. The van der Waals surface area contributed by atoms with E-state index in [4.69, 9.17) is 0 Å². The van der Waals surface area contributed by atoms with Crippen LogP contribution in [-0.2, 0) is 0 Å². The molecule has 0 aromatic carbocycles. The van der Waals surface area contributed by atoms with Gasteiger partial charge in [0, 0.05) is 13.6 Å². The molecule has 3 nitrogen and oxygen atoms in total. The molecular formula is C8H21N3. The van der Waals surface area contributed by atoms with Crippen molar-refractivity contribution in [2.24, 2.45) is 0 Å². The molecule has 0 aliphatic heterocycles. The van der Waals surface area contributed by atoms with Gasteiger partial charge in [-0.3, -0.25) is 4.90 Å². The average molecular weight is 159 g/mol. The van der Waals surface area contributed by atoms with Crippen molar-refractivity contribution in [3.05, 3.63) is 0 Å². The van der Waals surface area contributed by atoms with Gasteiger partial charge in [0.25, 0.3) is 0 Å². The minimum absolute atomic E-state index is 0.409. The lowest BCUT2D eigenvalue weighted by Gasteiger charge is -2.27. The summed E-state index contributed by atoms with van der Waals surface area (Å²) in [6.07, 6.45) is 1.59. The molecule has 11 heavy (non-hydrogen) atoms. The Morgan fingerprint density at radius 3 is 2.18 bits per heavy atom. The van der Waals surface area contributed by atoms with Crippen LogP contribution in [-0.4, -0.2) is 43.8 Å². The third kappa shape index (κ3) is 5.18. The van der Waals surface area contributed by atoms with Crippen molar-refractivity contribution in [3.63, 3.8) is 0 Å². The molecule has 0 fully saturated rings. The summed E-state index contributed by atoms with van der Waals surface area (Å²) >= 11 is 0. The number of rotatable bonds is 5. The highest BCUT2D eigenvalue weighted by Gasteiger charge is 2.04. The molecule has 0 spiro atoms. The Hall–Kier alpha value is -0.120. The van der Waals surface area contributed by atoms with Crippen LogP contribution in [0.3, 0.4) is 0 Å². The summed E-state index contributed by atoms with van der Waals surface area (Å²) < 4.78 is 0. The zero-order valence-corrected chi connectivity index (χ0v) is 8.39. The van der Waals surface area contributed by atoms with Gasteiger partial charge in [-0.25, -0.2) is 10.4 Å². The maximum absolute atomic E-state index is 3.34. The molecular weight excluding hydrogens is 138 g/mol. The van der Waals surface area contributed by atoms with Gasteiger partial charge >= 0.3 is 0 Å². The van der Waals surface area contributed by atoms with Crippen molar-refractivity contribution in [1.82, 2.24) is 15.3 Å². The first-order valence-electron chi connectivity index (χ1n) is 4.21. The Balaban J connectivity index is 3.48. The number of hydrazine groups is 1. The van der Waals surface area contributed by atoms with Crippen LogP contribution >= 0.6 is 0 Å². The summed E-state index contributed by atoms with van der Waals surface area (Å²) in [4.78, 5) is 2.14. The molecule has 0 aliphatic rings. The second kappa shape index (κ2) is 5.52. The predicted octanol–water partition coefficient (Wildman–Crippen LogP) is 0.740. The van der Waals surface area contributed by atoms with Crippen LogP contribution in [0.4, 0.5) is 0 Å². The van der Waals surface area contributed by atoms with E-state index in [1.165, 1.54) is 6.42 Å². The normalized spacial score (nSPS) is 14.5. The van der Waals surface area contributed by atoms with Crippen molar-refractivity contribution in [2.45, 2.75) is 26.4 Å². The first-order chi connectivity index (χ1) is 5.07. The van der Waals surface area contributed by atoms with Crippen molar-refractivity contribution in [3.8, 4) is 0 Å². The second-order valence-corrected chi connectivity index (χ2v) is 3.19. The largest absolute Gasteiger partial charge is 0.293 e. The minimum Gasteiger partial charge on any atom is -0.293 e. The summed E-state index contributed by atoms with van der Waals surface area (Å²) in [5.74, 6) is 0. The Morgan fingerprint density at radius 1 is 1.27 bits per heavy atom. The molecule has 0 aromatic rings. The molecule has 1 atom stereocenters. The summed E-state index contributed by atoms with van der Waals surface area (Å²) in [5, 5.41) is 2.13. The van der Waals surface area contributed by atoms with Crippen LogP contribution in [0.1, 0.15) is 20.3 Å². The number of nitrogens with one attached hydrogen (secondary N) is 1. The molecule has 68 valence electrons. The van der Waals surface area contributed by atoms with Gasteiger partial charge in [0.15, 0.2) is 0 Å². The lowest BCUT2D eigenvalue weighted by atomic mass is 10.5. The van der Waals surface area contributed by atoms with Gasteiger partial charge in [-0.2, -0.15) is 0 Å². The smallest absolute Gasteiger partial charge is 0.0697 e. The maximum atomic E-state index is 3.34. The average Bonchev–Trinajstić information content (AvgIpc) is 1.87. The zero-order valence-electron chi connectivity index (χ0n) is 8.39. The topological polar surface area (TPSA) is 18.5 Å². The molecule has 0 aromatic heterocycles. The highest BCUT2D eigenvalue weighted by Crippen LogP contribution is 1.88. The minimum atomic E-state index is 0.409. The molecule has 0 rings (SSSR count). The molecule has 1 unspecified atom stereocenters. The van der Waals surface area contributed by atoms with Gasteiger partial charge in [-0.1, -0.05) is 6.92 Å². The molecule has 0 bridgehead atoms. The number of nitrogens with zero attached hydrogens (tertiary/aromatic N) is 2. The first-order valence-corrected chi connectivity index (χ1v) is 4.21. The van der Waals surface area contributed by atoms with E-state index in [0.29, 0.717) is 6.17 Å². The van der Waals surface area contributed by atoms with Gasteiger partial charge in [-0.15, -0.1) is 0 Å². The van der Waals surface area contributed by atoms with Gasteiger partial charge in [0.2, 0.25) is 0 Å². The lowest BCUT2D eigenvalue weighted by molar-refractivity contribution is 0.127. The maximum Gasteiger partial charge on any atom is 0.0697 e. The monoisotopic (exact) mass is 159 g/mol. The van der Waals surface area contributed by atoms with Crippen molar-refractivity contribution in [1.29, 1.82) is 0 Å². The van der Waals surface area contributed by atoms with Crippen molar-refractivity contribution < 1.29 is 0 Å². The Morgan fingerprint density at radius 2 is 1.82 bits per heavy atom. The van der Waals surface area contributed by atoms with Crippen LogP contribution in [0, 0.1) is 0 Å². The molecule has 0 aliphatic carbocycles. The van der Waals surface area contributed by atoms with E-state index < -0.39 is 0 Å². The van der Waals surface area contributed by atoms with Crippen LogP contribution in [0.5, 0.6) is 0 Å². The van der Waals surface area contributed by atoms with Crippen molar-refractivity contribution >= 4 is 0 Å². The highest BCUT2D eigenvalue weighted by atomic mass is 15.5. The second-order valence-electron chi connectivity index (χ2n) is 3.19. The Bertz CT molecular complexity index is 93.3. The quantitative estimate of drug-likeness (QED) is 0.471. The van der Waals surface area contributed by atoms with Gasteiger partial charge < -0.3 is 0 Å². The zero-order chi connectivity index (χ0) is 8.85. The van der Waals surface area contributed by atoms with Crippen LogP contribution < -0.4 is 5.43 Å². The summed E-state index contributed by atoms with van der Waals surface area (Å²) in [7, 11) is 6.21. The van der Waals surface area contributed by atoms with E-state index in [0.717, 1.165) is 6.54 Å². The van der Waals surface area contributed by atoms with Crippen LogP contribution in [0.2, 0.25) is 0 Å². The van der Waals surface area contributed by atoms with E-state index in [1.807, 2.05) is 0 Å². The van der Waals surface area contributed by atoms with Gasteiger partial charge in [0.05, 0.1) is 6.17 Å². The first kappa shape index (κ1) is 10.9. The third-order valence-electron chi connectivity index (χ3n) is 1.74. The summed E-state index contributed by atoms with van der Waals surface area (Å²) in [5.41, 5.74) is 3.34. The van der Waals surface area contributed by atoms with E-state index in [9.17, 15) is 0 Å². The van der Waals surface area contributed by atoms with Crippen LogP contribution in [0.15, 0.2) is 0 Å². The fourth-order valence-electron chi connectivity index (χ4n) is 0.834. The van der Waals surface area contributed by atoms with Gasteiger partial charge in [0.1, 0.15) is 0 Å². The fourth-order valence-corrected chi connectivity index (χ4v) is 0.834. The highest BCUT2D eigenvalue weighted by molar-refractivity contribution is 4.53. The van der Waals surface area contributed by atoms with Crippen LogP contribution in [0.25, 0.3) is 0 Å². The standard InChI is InChI=1S/C8H21N3/c1-6-7-11(5)9-8(2)10(3)4/h8-9H,6-7H2,1-5H3. The molecule has 0 amide bonds. The van der Waals surface area contributed by atoms with E-state index in [-0.39, 0.29) is 0 Å². The SMILES string of the molecule is CCCN(C)NC(C)N(C)C. The molecule has 0 saturated carbocycles. The van der Waals surface area contributed by atoms with E-state index in [1.54, 1.807) is 0 Å². The molecule has 0 radical (unpaired) electrons. The summed E-state index contributed by atoms with van der Waals surface area (Å²) in [6, 6.07) is 0.